The van der Waals surface area contributed by atoms with Crippen LogP contribution in [-0.4, -0.2) is 60.8 Å². The van der Waals surface area contributed by atoms with E-state index in [0.29, 0.717) is 23.0 Å². The molecule has 13 heteroatoms. The quantitative estimate of drug-likeness (QED) is 0.251. The first-order valence-corrected chi connectivity index (χ1v) is 12.2. The highest BCUT2D eigenvalue weighted by Gasteiger charge is 2.51. The lowest BCUT2D eigenvalue weighted by atomic mass is 9.91. The Labute approximate surface area is 209 Å². The maximum Gasteiger partial charge on any atom is 0.184 e. The summed E-state index contributed by atoms with van der Waals surface area (Å²) in [5.41, 5.74) is 11.4. The van der Waals surface area contributed by atoms with Crippen molar-refractivity contribution in [2.75, 3.05) is 6.61 Å². The van der Waals surface area contributed by atoms with E-state index >= 15 is 0 Å². The molecule has 6 rings (SSSR count). The van der Waals surface area contributed by atoms with Gasteiger partial charge in [-0.2, -0.15) is 5.10 Å². The molecule has 0 aliphatic carbocycles. The van der Waals surface area contributed by atoms with E-state index < -0.39 is 36.7 Å². The zero-order valence-electron chi connectivity index (χ0n) is 19.4. The average molecular weight is 507 g/mol. The van der Waals surface area contributed by atoms with Gasteiger partial charge in [-0.25, -0.2) is 19.6 Å². The van der Waals surface area contributed by atoms with Crippen LogP contribution in [0.25, 0.3) is 26.5 Å². The molecule has 2 saturated heterocycles. The van der Waals surface area contributed by atoms with Crippen molar-refractivity contribution in [3.8, 4) is 5.69 Å². The van der Waals surface area contributed by atoms with Crippen LogP contribution in [0.15, 0.2) is 47.7 Å². The summed E-state index contributed by atoms with van der Waals surface area (Å²) in [6.45, 7) is 3.86. The molecule has 0 radical (unpaired) electrons. The van der Waals surface area contributed by atoms with Crippen LogP contribution < -0.4 is 0 Å². The molecule has 3 aromatic heterocycles. The number of aryl methyl sites for hydroxylation is 2. The molecule has 0 amide bonds. The fourth-order valence-electron chi connectivity index (χ4n) is 4.64. The molecule has 12 nitrogen and oxygen atoms in total. The van der Waals surface area contributed by atoms with Crippen molar-refractivity contribution in [3.63, 3.8) is 0 Å². The highest BCUT2D eigenvalue weighted by Crippen LogP contribution is 2.40. The lowest BCUT2D eigenvalue weighted by Crippen LogP contribution is -2.58. The monoisotopic (exact) mass is 506 g/mol. The van der Waals surface area contributed by atoms with Gasteiger partial charge in [-0.15, -0.1) is 11.3 Å². The van der Waals surface area contributed by atoms with Crippen molar-refractivity contribution < 1.29 is 19.3 Å². The van der Waals surface area contributed by atoms with Gasteiger partial charge in [0.15, 0.2) is 17.8 Å². The molecule has 2 aliphatic rings. The molecule has 2 aliphatic heterocycles. The van der Waals surface area contributed by atoms with Crippen molar-refractivity contribution >= 4 is 21.7 Å². The van der Waals surface area contributed by atoms with Gasteiger partial charge < -0.3 is 19.3 Å². The van der Waals surface area contributed by atoms with Crippen LogP contribution in [0.2, 0.25) is 0 Å². The minimum Gasteiger partial charge on any atom is -0.389 e. The standard InChI is InChI=1S/C23H22N8O4S/c1-11-26-22(31(29-11)14-8-16-21(25-9-14)27-12(2)36-16)20-18(32)17(28-30-24)19-15(34-20)10-33-23(35-19)13-6-4-3-5-7-13/h3-9,15,17-20,23,32H,10H2,1-2H3/t15-,17-,18-,19+,20-,23?/m1/s1. The number of fused-ring (bicyclic) bond motifs is 2. The SMILES string of the molecule is Cc1nc([C@@H]2O[C@@H]3COC(c4ccccc4)O[C@@H]3[C@H](N=[N+]=[N-])[C@H]2O)n(-c2cnc3nc(C)sc3c2)n1. The van der Waals surface area contributed by atoms with Gasteiger partial charge in [0, 0.05) is 10.5 Å². The molecule has 1 N–H and O–H groups in total. The normalized spacial score (nSPS) is 28.0. The second kappa shape index (κ2) is 9.21. The lowest BCUT2D eigenvalue weighted by molar-refractivity contribution is -0.309. The molecule has 1 unspecified atom stereocenters. The van der Waals surface area contributed by atoms with E-state index in [4.69, 9.17) is 14.2 Å². The highest BCUT2D eigenvalue weighted by molar-refractivity contribution is 7.18. The molecule has 2 fully saturated rings. The maximum absolute atomic E-state index is 11.3. The first-order valence-electron chi connectivity index (χ1n) is 11.4. The molecule has 0 spiro atoms. The van der Waals surface area contributed by atoms with E-state index in [9.17, 15) is 10.6 Å². The second-order valence-electron chi connectivity index (χ2n) is 8.64. The molecule has 0 saturated carbocycles. The third kappa shape index (κ3) is 4.01. The first kappa shape index (κ1) is 23.0. The Bertz CT molecular complexity index is 1450. The van der Waals surface area contributed by atoms with Crippen molar-refractivity contribution in [2.45, 2.75) is 50.6 Å². The number of thiazole rings is 1. The van der Waals surface area contributed by atoms with Crippen LogP contribution >= 0.6 is 11.3 Å². The number of benzene rings is 1. The predicted molar refractivity (Wildman–Crippen MR) is 128 cm³/mol. The van der Waals surface area contributed by atoms with Crippen LogP contribution in [0.3, 0.4) is 0 Å². The number of azide groups is 1. The van der Waals surface area contributed by atoms with Crippen LogP contribution in [0.1, 0.15) is 34.6 Å². The molecule has 184 valence electrons. The molecular weight excluding hydrogens is 484 g/mol. The first-order chi connectivity index (χ1) is 17.5. The van der Waals surface area contributed by atoms with E-state index in [1.54, 1.807) is 17.8 Å². The Balaban J connectivity index is 1.34. The van der Waals surface area contributed by atoms with Gasteiger partial charge >= 0.3 is 0 Å². The number of ether oxygens (including phenoxy) is 3. The zero-order valence-corrected chi connectivity index (χ0v) is 20.2. The Hall–Kier alpha value is -3.45. The molecule has 4 aromatic rings. The number of pyridine rings is 1. The molecule has 36 heavy (non-hydrogen) atoms. The van der Waals surface area contributed by atoms with Crippen LogP contribution in [0.5, 0.6) is 0 Å². The van der Waals surface area contributed by atoms with E-state index in [2.05, 4.69) is 30.1 Å². The van der Waals surface area contributed by atoms with E-state index in [1.807, 2.05) is 43.3 Å². The summed E-state index contributed by atoms with van der Waals surface area (Å²) in [6.07, 6.45) is -2.49. The molecule has 6 atom stereocenters. The van der Waals surface area contributed by atoms with E-state index in [-0.39, 0.29) is 6.61 Å². The number of aliphatic hydroxyl groups is 1. The number of hydrogen-bond donors (Lipinski definition) is 1. The number of rotatable bonds is 4. The van der Waals surface area contributed by atoms with E-state index in [1.165, 1.54) is 11.3 Å². The minimum atomic E-state index is -1.23. The summed E-state index contributed by atoms with van der Waals surface area (Å²) in [6, 6.07) is 10.4. The highest BCUT2D eigenvalue weighted by atomic mass is 32.1. The minimum absolute atomic E-state index is 0.186. The number of aliphatic hydroxyl groups excluding tert-OH is 1. The fraction of sp³-hybridized carbons (Fsp3) is 0.391. The van der Waals surface area contributed by atoms with Crippen molar-refractivity contribution in [2.24, 2.45) is 5.11 Å². The zero-order chi connectivity index (χ0) is 24.8. The number of aromatic nitrogens is 5. The van der Waals surface area contributed by atoms with Crippen LogP contribution in [0, 0.1) is 13.8 Å². The largest absolute Gasteiger partial charge is 0.389 e. The summed E-state index contributed by atoms with van der Waals surface area (Å²) in [7, 11) is 0. The maximum atomic E-state index is 11.3. The Morgan fingerprint density at radius 2 is 2.03 bits per heavy atom. The smallest absolute Gasteiger partial charge is 0.184 e. The van der Waals surface area contributed by atoms with Gasteiger partial charge in [-0.1, -0.05) is 35.4 Å². The van der Waals surface area contributed by atoms with E-state index in [0.717, 1.165) is 15.3 Å². The Morgan fingerprint density at radius 1 is 1.19 bits per heavy atom. The number of hydrogen-bond acceptors (Lipinski definition) is 10. The Kier molecular flexibility index (Phi) is 5.88. The summed E-state index contributed by atoms with van der Waals surface area (Å²) in [5.74, 6) is 0.855. The van der Waals surface area contributed by atoms with Crippen LogP contribution in [-0.2, 0) is 14.2 Å². The summed E-state index contributed by atoms with van der Waals surface area (Å²) in [4.78, 5) is 16.4. The molecule has 1 aromatic carbocycles. The van der Waals surface area contributed by atoms with Gasteiger partial charge in [0.2, 0.25) is 0 Å². The summed E-state index contributed by atoms with van der Waals surface area (Å²) >= 11 is 1.53. The fourth-order valence-corrected chi connectivity index (χ4v) is 5.46. The average Bonchev–Trinajstić information content (AvgIpc) is 3.46. The van der Waals surface area contributed by atoms with Crippen molar-refractivity contribution in [1.82, 2.24) is 24.7 Å². The predicted octanol–water partition coefficient (Wildman–Crippen LogP) is 3.48. The van der Waals surface area contributed by atoms with Crippen LogP contribution in [0.4, 0.5) is 0 Å². The van der Waals surface area contributed by atoms with Gasteiger partial charge in [-0.05, 0) is 25.4 Å². The summed E-state index contributed by atoms with van der Waals surface area (Å²) in [5, 5.41) is 20.7. The van der Waals surface area contributed by atoms with Crippen molar-refractivity contribution in [3.05, 3.63) is 75.3 Å². The molecular formula is C23H22N8O4S. The Morgan fingerprint density at radius 3 is 2.83 bits per heavy atom. The lowest BCUT2D eigenvalue weighted by Gasteiger charge is -2.46. The van der Waals surface area contributed by atoms with Crippen molar-refractivity contribution in [1.29, 1.82) is 0 Å². The van der Waals surface area contributed by atoms with Gasteiger partial charge in [0.05, 0.1) is 40.3 Å². The second-order valence-corrected chi connectivity index (χ2v) is 9.87. The van der Waals surface area contributed by atoms with Gasteiger partial charge in [0.1, 0.15) is 24.1 Å². The molecule has 5 heterocycles. The third-order valence-corrected chi connectivity index (χ3v) is 7.12. The summed E-state index contributed by atoms with van der Waals surface area (Å²) < 4.78 is 20.8. The molecule has 0 bridgehead atoms. The topological polar surface area (TPSA) is 153 Å². The number of nitrogens with zero attached hydrogens (tertiary/aromatic N) is 8. The van der Waals surface area contributed by atoms with Gasteiger partial charge in [0.25, 0.3) is 0 Å². The third-order valence-electron chi connectivity index (χ3n) is 6.21. The van der Waals surface area contributed by atoms with Gasteiger partial charge in [-0.3, -0.25) is 0 Å².